The van der Waals surface area contributed by atoms with Gasteiger partial charge in [-0.3, -0.25) is 4.79 Å². The minimum absolute atomic E-state index is 0.251. The highest BCUT2D eigenvalue weighted by Crippen LogP contribution is 2.30. The molecule has 0 aromatic carbocycles. The molecule has 12 unspecified atom stereocenters. The fourth-order valence-electron chi connectivity index (χ4n) is 11.9. The molecule has 2 heterocycles. The van der Waals surface area contributed by atoms with Crippen molar-refractivity contribution in [3.05, 3.63) is 134 Å². The fraction of sp³-hybridized carbons (Fsp3) is 0.723. The number of ether oxygens (including phenoxy) is 4. The highest BCUT2D eigenvalue weighted by molar-refractivity contribution is 5.76. The Morgan fingerprint density at radius 1 is 0.381 bits per heavy atom. The summed E-state index contributed by atoms with van der Waals surface area (Å²) in [5.41, 5.74) is 0. The fourth-order valence-corrected chi connectivity index (χ4v) is 11.9. The second-order valence-corrected chi connectivity index (χ2v) is 26.7. The molecule has 1 amide bonds. The van der Waals surface area contributed by atoms with Crippen LogP contribution in [0.4, 0.5) is 0 Å². The van der Waals surface area contributed by atoms with Crippen LogP contribution in [0.1, 0.15) is 290 Å². The van der Waals surface area contributed by atoms with Gasteiger partial charge in [0, 0.05) is 6.42 Å². The highest BCUT2D eigenvalue weighted by Gasteiger charge is 2.51. The van der Waals surface area contributed by atoms with Crippen LogP contribution in [0.5, 0.6) is 0 Å². The van der Waals surface area contributed by atoms with Crippen LogP contribution in [0, 0.1) is 0 Å². The molecule has 9 N–H and O–H groups in total. The standard InChI is InChI=1S/C83H141NO13/c1-3-5-7-9-11-13-15-17-19-21-23-25-27-29-31-33-35-36-37-39-41-43-45-47-49-51-53-55-57-59-61-63-65-67-75(88)84-71(70-94-82-80(93)78(91)81(74(69-86)96-82)97-83-79(92)77(90)76(89)73(68-85)95-83)72(87)66-64-62-60-58-56-54-52-50-48-46-44-42-40-38-34-32-30-28-26-24-22-20-18-16-14-12-10-8-6-4-2/h5,7,11,13,17,19,23,25,29,31,35-36,39,41,45,47-48,50,56,58,64,66,71-74,76-83,85-87,89-93H,3-4,6,8-10,12,14-16,18,20-22,24,26-28,30,32-34,37-38,40,42-44,46,49,51-55,57,59-63,65,67-70H2,1-2H3,(H,84,88)/b7-5-,13-11-,19-17-,25-23-,31-29-,36-35-,41-39-,47-45-,50-48+,58-56+,66-64+. The molecule has 0 aromatic heterocycles. The first-order chi connectivity index (χ1) is 47.6. The number of aliphatic hydroxyl groups excluding tert-OH is 8. The zero-order valence-electron chi connectivity index (χ0n) is 60.8. The normalized spacial score (nSPS) is 22.9. The molecule has 0 radical (unpaired) electrons. The van der Waals surface area contributed by atoms with E-state index >= 15 is 0 Å². The van der Waals surface area contributed by atoms with E-state index in [1.165, 1.54) is 148 Å². The molecule has 0 aliphatic carbocycles. The van der Waals surface area contributed by atoms with E-state index in [1.807, 2.05) is 6.08 Å². The van der Waals surface area contributed by atoms with Crippen LogP contribution >= 0.6 is 0 Å². The van der Waals surface area contributed by atoms with Gasteiger partial charge in [-0.2, -0.15) is 0 Å². The number of carbonyl (C=O) groups excluding carboxylic acids is 1. The lowest BCUT2D eigenvalue weighted by Gasteiger charge is -2.46. The van der Waals surface area contributed by atoms with E-state index in [0.29, 0.717) is 12.8 Å². The predicted molar refractivity (Wildman–Crippen MR) is 401 cm³/mol. The molecule has 12 atom stereocenters. The average Bonchev–Trinajstić information content (AvgIpc) is 0.794. The van der Waals surface area contributed by atoms with E-state index in [0.717, 1.165) is 109 Å². The molecule has 14 heteroatoms. The molecular formula is C83H141NO13. The maximum Gasteiger partial charge on any atom is 0.220 e. The van der Waals surface area contributed by atoms with Crippen LogP contribution in [0.15, 0.2) is 134 Å². The van der Waals surface area contributed by atoms with Crippen LogP contribution < -0.4 is 5.32 Å². The number of hydrogen-bond acceptors (Lipinski definition) is 13. The zero-order valence-corrected chi connectivity index (χ0v) is 60.8. The van der Waals surface area contributed by atoms with Crippen LogP contribution in [-0.4, -0.2) is 140 Å². The van der Waals surface area contributed by atoms with Crippen LogP contribution in [0.2, 0.25) is 0 Å². The Morgan fingerprint density at radius 2 is 0.722 bits per heavy atom. The van der Waals surface area contributed by atoms with Gasteiger partial charge < -0.3 is 65.1 Å². The number of aliphatic hydroxyl groups is 8. The van der Waals surface area contributed by atoms with Crippen molar-refractivity contribution in [2.24, 2.45) is 0 Å². The summed E-state index contributed by atoms with van der Waals surface area (Å²) in [5, 5.41) is 87.6. The second-order valence-electron chi connectivity index (χ2n) is 26.7. The Morgan fingerprint density at radius 3 is 1.13 bits per heavy atom. The zero-order chi connectivity index (χ0) is 70.1. The van der Waals surface area contributed by atoms with Gasteiger partial charge >= 0.3 is 0 Å². The summed E-state index contributed by atoms with van der Waals surface area (Å²) in [4.78, 5) is 13.4. The lowest BCUT2D eigenvalue weighted by molar-refractivity contribution is -0.359. The minimum Gasteiger partial charge on any atom is -0.394 e. The Labute approximate surface area is 590 Å². The molecular weight excluding hydrogens is 1220 g/mol. The summed E-state index contributed by atoms with van der Waals surface area (Å²) < 4.78 is 22.9. The number of amides is 1. The van der Waals surface area contributed by atoms with Crippen molar-refractivity contribution in [1.29, 1.82) is 0 Å². The summed E-state index contributed by atoms with van der Waals surface area (Å²) in [6.45, 7) is 2.68. The number of rotatable bonds is 63. The smallest absolute Gasteiger partial charge is 0.220 e. The molecule has 97 heavy (non-hydrogen) atoms. The average molecular weight is 1360 g/mol. The third kappa shape index (κ3) is 48.6. The topological polar surface area (TPSA) is 228 Å². The molecule has 2 aliphatic rings. The monoisotopic (exact) mass is 1360 g/mol. The summed E-state index contributed by atoms with van der Waals surface area (Å²) in [7, 11) is 0. The summed E-state index contributed by atoms with van der Waals surface area (Å²) in [5.74, 6) is -0.265. The number of carbonyl (C=O) groups is 1. The van der Waals surface area contributed by atoms with Crippen molar-refractivity contribution in [3.8, 4) is 0 Å². The number of hydrogen-bond donors (Lipinski definition) is 9. The van der Waals surface area contributed by atoms with E-state index in [9.17, 15) is 45.6 Å². The van der Waals surface area contributed by atoms with Crippen molar-refractivity contribution in [2.45, 2.75) is 364 Å². The molecule has 2 fully saturated rings. The van der Waals surface area contributed by atoms with Gasteiger partial charge in [0.25, 0.3) is 0 Å². The molecule has 0 spiro atoms. The van der Waals surface area contributed by atoms with Crippen LogP contribution in [-0.2, 0) is 23.7 Å². The van der Waals surface area contributed by atoms with Gasteiger partial charge in [0.2, 0.25) is 5.91 Å². The Balaban J connectivity index is 1.68. The van der Waals surface area contributed by atoms with Gasteiger partial charge in [-0.15, -0.1) is 0 Å². The van der Waals surface area contributed by atoms with Gasteiger partial charge in [-0.05, 0) is 109 Å². The van der Waals surface area contributed by atoms with Crippen molar-refractivity contribution in [3.63, 3.8) is 0 Å². The van der Waals surface area contributed by atoms with E-state index in [1.54, 1.807) is 6.08 Å². The van der Waals surface area contributed by atoms with Crippen molar-refractivity contribution in [2.75, 3.05) is 19.8 Å². The predicted octanol–water partition coefficient (Wildman–Crippen LogP) is 17.4. The summed E-state index contributed by atoms with van der Waals surface area (Å²) >= 11 is 0. The number of unbranched alkanes of at least 4 members (excludes halogenated alkanes) is 30. The summed E-state index contributed by atoms with van der Waals surface area (Å²) in [6.07, 6.45) is 80.9. The summed E-state index contributed by atoms with van der Waals surface area (Å²) in [6, 6.07) is -0.955. The van der Waals surface area contributed by atoms with Gasteiger partial charge in [-0.1, -0.05) is 308 Å². The first-order valence-electron chi connectivity index (χ1n) is 38.9. The van der Waals surface area contributed by atoms with E-state index in [2.05, 4.69) is 141 Å². The Hall–Kier alpha value is -3.87. The molecule has 2 aliphatic heterocycles. The van der Waals surface area contributed by atoms with Gasteiger partial charge in [0.1, 0.15) is 48.8 Å². The van der Waals surface area contributed by atoms with E-state index in [4.69, 9.17) is 18.9 Å². The van der Waals surface area contributed by atoms with E-state index < -0.39 is 86.8 Å². The Bertz CT molecular complexity index is 2140. The molecule has 2 saturated heterocycles. The first kappa shape index (κ1) is 89.2. The first-order valence-corrected chi connectivity index (χ1v) is 38.9. The third-order valence-corrected chi connectivity index (χ3v) is 18.0. The molecule has 2 rings (SSSR count). The lowest BCUT2D eigenvalue weighted by Crippen LogP contribution is -2.65. The number of nitrogens with one attached hydrogen (secondary N) is 1. The molecule has 14 nitrogen and oxygen atoms in total. The Kier molecular flexibility index (Phi) is 60.2. The quantitative estimate of drug-likeness (QED) is 0.0204. The van der Waals surface area contributed by atoms with Crippen LogP contribution in [0.25, 0.3) is 0 Å². The molecule has 0 bridgehead atoms. The molecule has 0 saturated carbocycles. The van der Waals surface area contributed by atoms with Gasteiger partial charge in [0.05, 0.1) is 32.0 Å². The largest absolute Gasteiger partial charge is 0.394 e. The molecule has 0 aromatic rings. The van der Waals surface area contributed by atoms with Gasteiger partial charge in [0.15, 0.2) is 12.6 Å². The third-order valence-electron chi connectivity index (χ3n) is 18.0. The van der Waals surface area contributed by atoms with Crippen molar-refractivity contribution in [1.82, 2.24) is 5.32 Å². The minimum atomic E-state index is -1.80. The van der Waals surface area contributed by atoms with Gasteiger partial charge in [-0.25, -0.2) is 0 Å². The maximum absolute atomic E-state index is 13.4. The van der Waals surface area contributed by atoms with Crippen molar-refractivity contribution >= 4 is 5.91 Å². The SMILES string of the molecule is CC/C=C\C/C=C\C/C=C\C/C=C\C/C=C\C/C=C\C/C=C\C/C=C\CCCCCCCCCCC(=O)NC(COC1OC(CO)C(OC2OC(CO)C(O)C(O)C2O)C(O)C1O)C(O)/C=C/CC/C=C/CC/C=C/CCCCCCCCCCCCCCCCCCCCCC. The molecule has 556 valence electrons. The highest BCUT2D eigenvalue weighted by atomic mass is 16.7. The lowest BCUT2D eigenvalue weighted by atomic mass is 9.97. The maximum atomic E-state index is 13.4. The van der Waals surface area contributed by atoms with Crippen LogP contribution in [0.3, 0.4) is 0 Å². The van der Waals surface area contributed by atoms with Crippen molar-refractivity contribution < 1.29 is 64.6 Å². The number of allylic oxidation sites excluding steroid dienone is 21. The van der Waals surface area contributed by atoms with E-state index in [-0.39, 0.29) is 18.9 Å². The second kappa shape index (κ2) is 65.4.